The van der Waals surface area contributed by atoms with Crippen molar-refractivity contribution in [2.45, 2.75) is 50.1 Å². The summed E-state index contributed by atoms with van der Waals surface area (Å²) in [5.74, 6) is -1.29. The van der Waals surface area contributed by atoms with E-state index in [0.29, 0.717) is 24.2 Å². The molecule has 210 valence electrons. The fraction of sp³-hybridized carbons (Fsp3) is 0.267. The third kappa shape index (κ3) is 10.5. The molecule has 7 N–H and O–H groups in total. The summed E-state index contributed by atoms with van der Waals surface area (Å²) in [4.78, 5) is 37.7. The highest BCUT2D eigenvalue weighted by Gasteiger charge is 2.26. The summed E-state index contributed by atoms with van der Waals surface area (Å²) in [5.41, 5.74) is 9.03. The predicted octanol–water partition coefficient (Wildman–Crippen LogP) is 3.38. The van der Waals surface area contributed by atoms with Gasteiger partial charge >= 0.3 is 5.97 Å². The van der Waals surface area contributed by atoms with Crippen molar-refractivity contribution in [2.24, 2.45) is 5.73 Å². The molecule has 0 aromatic heterocycles. The van der Waals surface area contributed by atoms with Gasteiger partial charge in [-0.15, -0.1) is 0 Å². The first-order chi connectivity index (χ1) is 19.3. The summed E-state index contributed by atoms with van der Waals surface area (Å²) in [6, 6.07) is 24.9. The number of carboxylic acids is 1. The average Bonchev–Trinajstić information content (AvgIpc) is 2.96. The Morgan fingerprint density at radius 3 is 2.02 bits per heavy atom. The minimum atomic E-state index is -1.05. The molecule has 10 heteroatoms. The molecule has 0 aliphatic rings. The van der Waals surface area contributed by atoms with Crippen LogP contribution in [-0.2, 0) is 33.1 Å². The van der Waals surface area contributed by atoms with E-state index in [1.165, 1.54) is 11.9 Å². The van der Waals surface area contributed by atoms with Crippen LogP contribution in [0.5, 0.6) is 0 Å². The average molecular weight is 562 g/mol. The molecule has 3 rings (SSSR count). The van der Waals surface area contributed by atoms with Crippen LogP contribution < -0.4 is 21.1 Å². The number of carbonyl (C=O) groups is 3. The van der Waals surface area contributed by atoms with Crippen molar-refractivity contribution < 1.29 is 19.5 Å². The SMILES string of the molecule is N=C(N)c1ccc(CNC(=O)C(CCC(=O)O)NC(=O)C(CCc2ccccc2)NSCc2ccccc2)cc1. The van der Waals surface area contributed by atoms with Crippen LogP contribution in [0.1, 0.15) is 41.5 Å². The molecule has 3 aromatic rings. The molecule has 9 nitrogen and oxygen atoms in total. The topological polar surface area (TPSA) is 157 Å². The molecule has 2 amide bonds. The molecule has 0 spiro atoms. The van der Waals surface area contributed by atoms with Gasteiger partial charge in [0, 0.05) is 24.3 Å². The lowest BCUT2D eigenvalue weighted by atomic mass is 10.0. The van der Waals surface area contributed by atoms with Gasteiger partial charge in [0.2, 0.25) is 11.8 Å². The van der Waals surface area contributed by atoms with Crippen LogP contribution in [0.15, 0.2) is 84.9 Å². The number of carboxylic acid groups (broad SMARTS) is 1. The summed E-state index contributed by atoms with van der Waals surface area (Å²) in [6.07, 6.45) is 0.836. The molecule has 0 saturated carbocycles. The molecule has 0 saturated heterocycles. The highest BCUT2D eigenvalue weighted by Crippen LogP contribution is 2.13. The summed E-state index contributed by atoms with van der Waals surface area (Å²) >= 11 is 1.41. The lowest BCUT2D eigenvalue weighted by molar-refractivity contribution is -0.138. The summed E-state index contributed by atoms with van der Waals surface area (Å²) in [6.45, 7) is 0.180. The van der Waals surface area contributed by atoms with Crippen LogP contribution in [0.4, 0.5) is 0 Å². The zero-order chi connectivity index (χ0) is 28.7. The zero-order valence-electron chi connectivity index (χ0n) is 22.1. The number of aryl methyl sites for hydroxylation is 1. The Labute approximate surface area is 238 Å². The standard InChI is InChI=1S/C30H35N5O4S/c31-28(32)24-14-11-22(12-15-24)19-33-29(38)25(17-18-27(36)37)34-30(39)26(16-13-21-7-3-1-4-8-21)35-40-20-23-9-5-2-6-10-23/h1-12,14-15,25-26,35H,13,16-20H2,(H3,31,32)(H,33,38)(H,34,39)(H,36,37). The molecule has 40 heavy (non-hydrogen) atoms. The number of nitrogen functional groups attached to an aromatic ring is 1. The molecule has 0 fully saturated rings. The number of rotatable bonds is 16. The largest absolute Gasteiger partial charge is 0.481 e. The number of amidine groups is 1. The van der Waals surface area contributed by atoms with Gasteiger partial charge in [0.05, 0.1) is 6.04 Å². The normalized spacial score (nSPS) is 12.2. The van der Waals surface area contributed by atoms with Gasteiger partial charge in [0.25, 0.3) is 0 Å². The Morgan fingerprint density at radius 1 is 0.800 bits per heavy atom. The van der Waals surface area contributed by atoms with Gasteiger partial charge < -0.3 is 21.5 Å². The van der Waals surface area contributed by atoms with Crippen LogP contribution in [0.25, 0.3) is 0 Å². The molecule has 0 aliphatic carbocycles. The van der Waals surface area contributed by atoms with Crippen molar-refractivity contribution in [2.75, 3.05) is 0 Å². The number of hydrogen-bond acceptors (Lipinski definition) is 6. The van der Waals surface area contributed by atoms with E-state index in [9.17, 15) is 19.5 Å². The Balaban J connectivity index is 1.65. The zero-order valence-corrected chi connectivity index (χ0v) is 23.0. The van der Waals surface area contributed by atoms with Gasteiger partial charge in [-0.1, -0.05) is 96.9 Å². The number of carbonyl (C=O) groups excluding carboxylic acids is 2. The van der Waals surface area contributed by atoms with E-state index in [4.69, 9.17) is 11.1 Å². The maximum absolute atomic E-state index is 13.4. The molecule has 2 unspecified atom stereocenters. The van der Waals surface area contributed by atoms with Gasteiger partial charge in [0.15, 0.2) is 0 Å². The minimum absolute atomic E-state index is 0.0429. The molecule has 0 aliphatic heterocycles. The van der Waals surface area contributed by atoms with Gasteiger partial charge in [0.1, 0.15) is 11.9 Å². The number of amides is 2. The number of aliphatic carboxylic acids is 1. The molecular weight excluding hydrogens is 526 g/mol. The number of nitrogens with one attached hydrogen (secondary N) is 4. The van der Waals surface area contributed by atoms with E-state index in [2.05, 4.69) is 15.4 Å². The van der Waals surface area contributed by atoms with Crippen molar-refractivity contribution in [1.82, 2.24) is 15.4 Å². The van der Waals surface area contributed by atoms with Crippen LogP contribution >= 0.6 is 11.9 Å². The van der Waals surface area contributed by atoms with Crippen LogP contribution in [0.2, 0.25) is 0 Å². The molecular formula is C30H35N5O4S. The van der Waals surface area contributed by atoms with E-state index in [1.54, 1.807) is 24.3 Å². The van der Waals surface area contributed by atoms with Gasteiger partial charge in [-0.05, 0) is 36.0 Å². The van der Waals surface area contributed by atoms with E-state index < -0.39 is 24.0 Å². The predicted molar refractivity (Wildman–Crippen MR) is 158 cm³/mol. The van der Waals surface area contributed by atoms with E-state index in [0.717, 1.165) is 16.7 Å². The van der Waals surface area contributed by atoms with Crippen molar-refractivity contribution in [3.8, 4) is 0 Å². The van der Waals surface area contributed by atoms with Crippen LogP contribution in [0, 0.1) is 5.41 Å². The Hall–Kier alpha value is -4.15. The van der Waals surface area contributed by atoms with Gasteiger partial charge in [-0.2, -0.15) is 0 Å². The highest BCUT2D eigenvalue weighted by molar-refractivity contribution is 7.96. The van der Waals surface area contributed by atoms with E-state index >= 15 is 0 Å². The van der Waals surface area contributed by atoms with Crippen molar-refractivity contribution in [3.63, 3.8) is 0 Å². The van der Waals surface area contributed by atoms with E-state index in [1.807, 2.05) is 60.7 Å². The van der Waals surface area contributed by atoms with Crippen LogP contribution in [0.3, 0.4) is 0 Å². The monoisotopic (exact) mass is 561 g/mol. The first-order valence-corrected chi connectivity index (χ1v) is 14.0. The Morgan fingerprint density at radius 2 is 1.43 bits per heavy atom. The number of nitrogens with two attached hydrogens (primary N) is 1. The fourth-order valence-corrected chi connectivity index (χ4v) is 4.79. The summed E-state index contributed by atoms with van der Waals surface area (Å²) < 4.78 is 3.25. The van der Waals surface area contributed by atoms with Gasteiger partial charge in [-0.3, -0.25) is 24.5 Å². The Kier molecular flexibility index (Phi) is 12.2. The maximum Gasteiger partial charge on any atom is 0.303 e. The summed E-state index contributed by atoms with van der Waals surface area (Å²) in [5, 5.41) is 22.3. The van der Waals surface area contributed by atoms with Crippen molar-refractivity contribution >= 4 is 35.6 Å². The lowest BCUT2D eigenvalue weighted by Crippen LogP contribution is -2.52. The van der Waals surface area contributed by atoms with Crippen molar-refractivity contribution in [1.29, 1.82) is 5.41 Å². The second-order valence-corrected chi connectivity index (χ2v) is 10.1. The number of hydrogen-bond donors (Lipinski definition) is 6. The molecule has 0 radical (unpaired) electrons. The third-order valence-corrected chi connectivity index (χ3v) is 7.13. The fourth-order valence-electron chi connectivity index (χ4n) is 3.92. The minimum Gasteiger partial charge on any atom is -0.481 e. The quantitative estimate of drug-likeness (QED) is 0.0889. The second kappa shape index (κ2) is 16.1. The van der Waals surface area contributed by atoms with Gasteiger partial charge in [-0.25, -0.2) is 0 Å². The summed E-state index contributed by atoms with van der Waals surface area (Å²) in [7, 11) is 0. The van der Waals surface area contributed by atoms with Crippen LogP contribution in [-0.4, -0.2) is 40.8 Å². The third-order valence-electron chi connectivity index (χ3n) is 6.20. The molecule has 2 atom stereocenters. The highest BCUT2D eigenvalue weighted by atomic mass is 32.2. The first kappa shape index (κ1) is 30.4. The second-order valence-electron chi connectivity index (χ2n) is 9.29. The maximum atomic E-state index is 13.4. The Bertz CT molecular complexity index is 1260. The molecule has 3 aromatic carbocycles. The van der Waals surface area contributed by atoms with E-state index in [-0.39, 0.29) is 31.1 Å². The first-order valence-electron chi connectivity index (χ1n) is 13.0. The smallest absolute Gasteiger partial charge is 0.303 e. The number of benzene rings is 3. The molecule has 0 bridgehead atoms. The van der Waals surface area contributed by atoms with Crippen molar-refractivity contribution in [3.05, 3.63) is 107 Å². The molecule has 0 heterocycles. The lowest BCUT2D eigenvalue weighted by Gasteiger charge is -2.23.